The van der Waals surface area contributed by atoms with Crippen LogP contribution in [0, 0.1) is 0 Å². The Morgan fingerprint density at radius 3 is 2.37 bits per heavy atom. The summed E-state index contributed by atoms with van der Waals surface area (Å²) in [6, 6.07) is 16.1. The van der Waals surface area contributed by atoms with Crippen LogP contribution in [-0.4, -0.2) is 22.7 Å². The highest BCUT2D eigenvalue weighted by atomic mass is 32.1. The van der Waals surface area contributed by atoms with Crippen molar-refractivity contribution in [2.75, 3.05) is 6.61 Å². The molecule has 158 valence electrons. The zero-order valence-electron chi connectivity index (χ0n) is 17.5. The van der Waals surface area contributed by atoms with Gasteiger partial charge in [-0.25, -0.2) is 4.98 Å². The van der Waals surface area contributed by atoms with Crippen LogP contribution in [0.15, 0.2) is 53.9 Å². The Hall–Kier alpha value is -2.66. The lowest BCUT2D eigenvalue weighted by molar-refractivity contribution is -0.136. The van der Waals surface area contributed by atoms with Gasteiger partial charge < -0.3 is 9.84 Å². The molecule has 0 aliphatic heterocycles. The minimum absolute atomic E-state index is 0.152. The minimum Gasteiger partial charge on any atom is -0.494 e. The number of rotatable bonds is 12. The monoisotopic (exact) mass is 423 g/mol. The van der Waals surface area contributed by atoms with E-state index in [9.17, 15) is 4.79 Å². The van der Waals surface area contributed by atoms with E-state index in [0.717, 1.165) is 46.2 Å². The first-order chi connectivity index (χ1) is 14.7. The Morgan fingerprint density at radius 1 is 0.967 bits per heavy atom. The normalized spacial score (nSPS) is 10.8. The second kappa shape index (κ2) is 11.5. The molecule has 0 spiro atoms. The molecule has 1 N–H and O–H groups in total. The van der Waals surface area contributed by atoms with Gasteiger partial charge in [0.15, 0.2) is 0 Å². The van der Waals surface area contributed by atoms with Crippen molar-refractivity contribution in [2.24, 2.45) is 0 Å². The van der Waals surface area contributed by atoms with E-state index in [1.54, 1.807) is 11.3 Å². The van der Waals surface area contributed by atoms with Crippen molar-refractivity contribution in [3.05, 3.63) is 59.5 Å². The summed E-state index contributed by atoms with van der Waals surface area (Å²) >= 11 is 1.62. The summed E-state index contributed by atoms with van der Waals surface area (Å²) in [5.41, 5.74) is 4.09. The number of thiazole rings is 1. The Kier molecular flexibility index (Phi) is 8.45. The number of ether oxygens (including phenoxy) is 1. The number of unbranched alkanes of at least 4 members (excludes halogenated alkanes) is 4. The smallest absolute Gasteiger partial charge is 0.303 e. The van der Waals surface area contributed by atoms with Gasteiger partial charge in [-0.2, -0.15) is 0 Å². The quantitative estimate of drug-likeness (QED) is 0.324. The van der Waals surface area contributed by atoms with Gasteiger partial charge >= 0.3 is 5.97 Å². The summed E-state index contributed by atoms with van der Waals surface area (Å²) in [5.74, 6) is 0.134. The fraction of sp³-hybridized carbons (Fsp3) is 0.360. The highest BCUT2D eigenvalue weighted by Crippen LogP contribution is 2.30. The van der Waals surface area contributed by atoms with Gasteiger partial charge in [0.25, 0.3) is 0 Å². The molecule has 1 aromatic heterocycles. The van der Waals surface area contributed by atoms with E-state index in [-0.39, 0.29) is 6.42 Å². The number of aryl methyl sites for hydroxylation is 1. The Labute approximate surface area is 182 Å². The van der Waals surface area contributed by atoms with E-state index in [4.69, 9.17) is 14.8 Å². The lowest BCUT2D eigenvalue weighted by Gasteiger charge is -2.06. The molecule has 5 heteroatoms. The minimum atomic E-state index is -0.772. The molecule has 0 unspecified atom stereocenters. The van der Waals surface area contributed by atoms with Gasteiger partial charge in [0.1, 0.15) is 10.8 Å². The van der Waals surface area contributed by atoms with Crippen LogP contribution in [0.3, 0.4) is 0 Å². The van der Waals surface area contributed by atoms with Crippen LogP contribution in [0.1, 0.15) is 51.0 Å². The average Bonchev–Trinajstić information content (AvgIpc) is 3.26. The van der Waals surface area contributed by atoms with Crippen LogP contribution in [-0.2, 0) is 11.2 Å². The van der Waals surface area contributed by atoms with Gasteiger partial charge in [0.05, 0.1) is 12.3 Å². The van der Waals surface area contributed by atoms with Gasteiger partial charge in [0, 0.05) is 22.9 Å². The van der Waals surface area contributed by atoms with Crippen molar-refractivity contribution >= 4 is 17.3 Å². The molecule has 0 bridgehead atoms. The molecule has 0 aliphatic rings. The number of aliphatic carboxylic acids is 1. The van der Waals surface area contributed by atoms with Crippen molar-refractivity contribution in [1.29, 1.82) is 0 Å². The van der Waals surface area contributed by atoms with E-state index in [1.165, 1.54) is 25.7 Å². The first-order valence-electron chi connectivity index (χ1n) is 10.7. The average molecular weight is 424 g/mol. The summed E-state index contributed by atoms with van der Waals surface area (Å²) in [6.07, 6.45) is 6.89. The molecule has 0 atom stereocenters. The van der Waals surface area contributed by atoms with Crippen LogP contribution in [0.4, 0.5) is 0 Å². The maximum atomic E-state index is 10.7. The Bertz CT molecular complexity index is 916. The molecule has 0 saturated carbocycles. The van der Waals surface area contributed by atoms with Crippen LogP contribution in [0.5, 0.6) is 5.75 Å². The molecular weight excluding hydrogens is 394 g/mol. The number of carboxylic acids is 1. The van der Waals surface area contributed by atoms with E-state index < -0.39 is 5.97 Å². The highest BCUT2D eigenvalue weighted by Gasteiger charge is 2.08. The molecule has 0 aliphatic carbocycles. The van der Waals surface area contributed by atoms with Crippen LogP contribution in [0.25, 0.3) is 21.8 Å². The number of carboxylic acid groups (broad SMARTS) is 1. The molecule has 0 saturated heterocycles. The first-order valence-corrected chi connectivity index (χ1v) is 11.5. The van der Waals surface area contributed by atoms with E-state index in [2.05, 4.69) is 24.4 Å². The first kappa shape index (κ1) is 22.0. The largest absolute Gasteiger partial charge is 0.494 e. The van der Waals surface area contributed by atoms with Gasteiger partial charge in [-0.1, -0.05) is 56.9 Å². The number of hydrogen-bond donors (Lipinski definition) is 1. The maximum Gasteiger partial charge on any atom is 0.303 e. The van der Waals surface area contributed by atoms with Crippen molar-refractivity contribution < 1.29 is 14.6 Å². The molecule has 0 radical (unpaired) electrons. The molecule has 3 rings (SSSR count). The third-order valence-electron chi connectivity index (χ3n) is 5.00. The molecule has 0 fully saturated rings. The van der Waals surface area contributed by atoms with Crippen molar-refractivity contribution in [2.45, 2.75) is 51.9 Å². The molecule has 0 amide bonds. The zero-order valence-corrected chi connectivity index (χ0v) is 18.3. The fourth-order valence-corrected chi connectivity index (χ4v) is 4.06. The van der Waals surface area contributed by atoms with Crippen molar-refractivity contribution in [1.82, 2.24) is 4.98 Å². The van der Waals surface area contributed by atoms with E-state index in [0.29, 0.717) is 6.42 Å². The topological polar surface area (TPSA) is 59.4 Å². The standard InChI is InChI=1S/C25H29NO3S/c1-2-3-4-5-6-17-29-22-14-12-21(13-15-22)25-26-23(18-30-25)20-10-7-19(8-11-20)9-16-24(27)28/h7-8,10-15,18H,2-6,9,16-17H2,1H3,(H,27,28). The molecular formula is C25H29NO3S. The maximum absolute atomic E-state index is 10.7. The number of nitrogens with zero attached hydrogens (tertiary/aromatic N) is 1. The van der Waals surface area contributed by atoms with E-state index >= 15 is 0 Å². The van der Waals surface area contributed by atoms with Crippen molar-refractivity contribution in [3.63, 3.8) is 0 Å². The second-order valence-electron chi connectivity index (χ2n) is 7.42. The van der Waals surface area contributed by atoms with Gasteiger partial charge in [0.2, 0.25) is 0 Å². The van der Waals surface area contributed by atoms with Gasteiger partial charge in [-0.15, -0.1) is 11.3 Å². The Balaban J connectivity index is 1.54. The van der Waals surface area contributed by atoms with Crippen LogP contribution in [0.2, 0.25) is 0 Å². The molecule has 30 heavy (non-hydrogen) atoms. The number of benzene rings is 2. The Morgan fingerprint density at radius 2 is 1.67 bits per heavy atom. The highest BCUT2D eigenvalue weighted by molar-refractivity contribution is 7.13. The molecule has 4 nitrogen and oxygen atoms in total. The van der Waals surface area contributed by atoms with Crippen LogP contribution >= 0.6 is 11.3 Å². The van der Waals surface area contributed by atoms with Gasteiger partial charge in [-0.3, -0.25) is 4.79 Å². The molecule has 1 heterocycles. The number of hydrogen-bond acceptors (Lipinski definition) is 4. The number of aromatic nitrogens is 1. The number of carbonyl (C=O) groups is 1. The molecule has 3 aromatic rings. The second-order valence-corrected chi connectivity index (χ2v) is 8.27. The predicted molar refractivity (Wildman–Crippen MR) is 123 cm³/mol. The summed E-state index contributed by atoms with van der Waals surface area (Å²) < 4.78 is 5.84. The SMILES string of the molecule is CCCCCCCOc1ccc(-c2nc(-c3ccc(CCC(=O)O)cc3)cs2)cc1. The third kappa shape index (κ3) is 6.70. The lowest BCUT2D eigenvalue weighted by atomic mass is 10.1. The molecule has 2 aromatic carbocycles. The third-order valence-corrected chi connectivity index (χ3v) is 5.89. The fourth-order valence-electron chi connectivity index (χ4n) is 3.22. The lowest BCUT2D eigenvalue weighted by Crippen LogP contribution is -1.97. The summed E-state index contributed by atoms with van der Waals surface area (Å²) in [6.45, 7) is 3.00. The zero-order chi connectivity index (χ0) is 21.2. The summed E-state index contributed by atoms with van der Waals surface area (Å²) in [5, 5.41) is 11.8. The van der Waals surface area contributed by atoms with Gasteiger partial charge in [-0.05, 0) is 42.7 Å². The van der Waals surface area contributed by atoms with Crippen molar-refractivity contribution in [3.8, 4) is 27.6 Å². The van der Waals surface area contributed by atoms with Crippen LogP contribution < -0.4 is 4.74 Å². The summed E-state index contributed by atoms with van der Waals surface area (Å²) in [4.78, 5) is 15.5. The van der Waals surface area contributed by atoms with E-state index in [1.807, 2.05) is 36.4 Å². The summed E-state index contributed by atoms with van der Waals surface area (Å²) in [7, 11) is 0. The predicted octanol–water partition coefficient (Wildman–Crippen LogP) is 6.84.